The van der Waals surface area contributed by atoms with E-state index in [0.717, 1.165) is 0 Å². The highest BCUT2D eigenvalue weighted by Gasteiger charge is 2.47. The molecule has 0 fully saturated rings. The van der Waals surface area contributed by atoms with Gasteiger partial charge in [-0.15, -0.1) is 0 Å². The van der Waals surface area contributed by atoms with Crippen LogP contribution in [0.2, 0.25) is 0 Å². The minimum absolute atomic E-state index is 0.215. The number of benzene rings is 9. The Bertz CT molecular complexity index is 2440. The molecule has 0 aromatic heterocycles. The topological polar surface area (TPSA) is 0 Å². The average molecular weight is 631 g/mol. The Morgan fingerprint density at radius 3 is 0.480 bits per heavy atom. The maximum absolute atomic E-state index is 2.67. The minimum Gasteiger partial charge on any atom is -0.0616 e. The van der Waals surface area contributed by atoms with E-state index in [4.69, 9.17) is 0 Å². The summed E-state index contributed by atoms with van der Waals surface area (Å²) in [5.74, 6) is 0.860. The quantitative estimate of drug-likeness (QED) is 0.156. The third-order valence-corrected chi connectivity index (χ3v) is 12.8. The summed E-state index contributed by atoms with van der Waals surface area (Å²) in [5, 5.41) is 10.7. The van der Waals surface area contributed by atoms with Gasteiger partial charge in [-0.2, -0.15) is 0 Å². The molecule has 0 nitrogen and oxygen atoms in total. The summed E-state index contributed by atoms with van der Waals surface area (Å²) < 4.78 is 0. The van der Waals surface area contributed by atoms with Crippen molar-refractivity contribution in [1.82, 2.24) is 0 Å². The molecule has 9 aromatic rings. The molecule has 50 heavy (non-hydrogen) atoms. The molecular formula is C50H30. The van der Waals surface area contributed by atoms with Crippen LogP contribution in [0.1, 0.15) is 90.4 Å². The van der Waals surface area contributed by atoms with Gasteiger partial charge in [0.1, 0.15) is 0 Å². The van der Waals surface area contributed by atoms with Gasteiger partial charge in [-0.25, -0.2) is 0 Å². The van der Waals surface area contributed by atoms with E-state index in [-0.39, 0.29) is 23.7 Å². The lowest BCUT2D eigenvalue weighted by molar-refractivity contribution is 0.720. The Balaban J connectivity index is 1.13. The van der Waals surface area contributed by atoms with Gasteiger partial charge in [-0.1, -0.05) is 109 Å². The zero-order chi connectivity index (χ0) is 32.2. The van der Waals surface area contributed by atoms with Crippen molar-refractivity contribution in [3.8, 4) is 0 Å². The fraction of sp³-hybridized carbons (Fsp3) is 0.0800. The average Bonchev–Trinajstić information content (AvgIpc) is 3.16. The van der Waals surface area contributed by atoms with Crippen LogP contribution in [0.3, 0.4) is 0 Å². The predicted octanol–water partition coefficient (Wildman–Crippen LogP) is 12.3. The van der Waals surface area contributed by atoms with Gasteiger partial charge >= 0.3 is 0 Å². The van der Waals surface area contributed by atoms with E-state index in [0.29, 0.717) is 0 Å². The molecular weight excluding hydrogens is 601 g/mol. The lowest BCUT2D eigenvalue weighted by Gasteiger charge is -2.47. The van der Waals surface area contributed by atoms with E-state index in [1.165, 1.54) is 110 Å². The Labute approximate surface area is 290 Å². The molecule has 0 amide bonds. The highest BCUT2D eigenvalue weighted by Crippen LogP contribution is 2.62. The summed E-state index contributed by atoms with van der Waals surface area (Å²) in [6, 6.07) is 61.2. The van der Waals surface area contributed by atoms with Crippen molar-refractivity contribution in [1.29, 1.82) is 0 Å². The molecule has 0 saturated heterocycles. The SMILES string of the molecule is c1ccc2cc3c(cc2c1)C1c2cc4c(cc2C3c2cc3ccccc3cc21)C1c2cc3ccccc3cc2C4c2cc3ccccc3cc21. The summed E-state index contributed by atoms with van der Waals surface area (Å²) in [7, 11) is 0. The first-order chi connectivity index (χ1) is 24.8. The fourth-order valence-corrected chi connectivity index (χ4v) is 10.8. The van der Waals surface area contributed by atoms with Crippen LogP contribution >= 0.6 is 0 Å². The Hall–Kier alpha value is -5.98. The molecule has 230 valence electrons. The third kappa shape index (κ3) is 3.14. The zero-order valence-corrected chi connectivity index (χ0v) is 27.3. The largest absolute Gasteiger partial charge is 0.0616 e. The monoisotopic (exact) mass is 630 g/mol. The fourth-order valence-electron chi connectivity index (χ4n) is 10.8. The summed E-state index contributed by atoms with van der Waals surface area (Å²) in [6.07, 6.45) is 0. The van der Waals surface area contributed by atoms with Crippen LogP contribution in [0, 0.1) is 0 Å². The van der Waals surface area contributed by atoms with Crippen molar-refractivity contribution < 1.29 is 0 Å². The predicted molar refractivity (Wildman–Crippen MR) is 206 cm³/mol. The van der Waals surface area contributed by atoms with Gasteiger partial charge in [-0.05, 0) is 158 Å². The van der Waals surface area contributed by atoms with Crippen molar-refractivity contribution in [2.24, 2.45) is 0 Å². The number of hydrogen-bond acceptors (Lipinski definition) is 0. The maximum Gasteiger partial charge on any atom is 0.0349 e. The number of hydrogen-bond donors (Lipinski definition) is 0. The van der Waals surface area contributed by atoms with Gasteiger partial charge in [0.2, 0.25) is 0 Å². The van der Waals surface area contributed by atoms with E-state index in [9.17, 15) is 0 Å². The van der Waals surface area contributed by atoms with E-state index in [2.05, 4.69) is 158 Å². The van der Waals surface area contributed by atoms with Gasteiger partial charge < -0.3 is 0 Å². The smallest absolute Gasteiger partial charge is 0.0349 e. The van der Waals surface area contributed by atoms with Gasteiger partial charge in [0.25, 0.3) is 0 Å². The standard InChI is InChI=1S/C50H30/c1-2-10-28-18-36-35(17-27(28)9-1)47-37-19-29-11-3-4-12-30(29)20-38(37)48(36)44-26-46-45(25-43(44)47)49-39-21-31-13-5-7-15-33(31)23-41(39)50(46)42-24-34-16-8-6-14-32(34)22-40(42)49/h1-26,47-50H. The van der Waals surface area contributed by atoms with Gasteiger partial charge in [0, 0.05) is 23.7 Å². The summed E-state index contributed by atoms with van der Waals surface area (Å²) in [4.78, 5) is 0. The van der Waals surface area contributed by atoms with Crippen molar-refractivity contribution in [2.75, 3.05) is 0 Å². The van der Waals surface area contributed by atoms with Crippen LogP contribution in [0.15, 0.2) is 158 Å². The zero-order valence-electron chi connectivity index (χ0n) is 27.3. The number of fused-ring (bicyclic) bond motifs is 4. The van der Waals surface area contributed by atoms with E-state index < -0.39 is 0 Å². The molecule has 0 spiro atoms. The van der Waals surface area contributed by atoms with Crippen LogP contribution < -0.4 is 0 Å². The minimum atomic E-state index is 0.215. The van der Waals surface area contributed by atoms with Crippen molar-refractivity contribution >= 4 is 43.1 Å². The molecule has 4 bridgehead atoms. The molecule has 0 atom stereocenters. The summed E-state index contributed by atoms with van der Waals surface area (Å²) >= 11 is 0. The Kier molecular flexibility index (Phi) is 4.66. The second-order valence-electron chi connectivity index (χ2n) is 15.2. The molecule has 0 saturated carbocycles. The highest BCUT2D eigenvalue weighted by molar-refractivity contribution is 5.93. The summed E-state index contributed by atoms with van der Waals surface area (Å²) in [6.45, 7) is 0. The molecule has 0 N–H and O–H groups in total. The van der Waals surface area contributed by atoms with Crippen LogP contribution in [0.5, 0.6) is 0 Å². The molecule has 15 rings (SSSR count). The van der Waals surface area contributed by atoms with Crippen LogP contribution in [-0.2, 0) is 0 Å². The molecule has 6 aliphatic carbocycles. The first kappa shape index (κ1) is 26.0. The van der Waals surface area contributed by atoms with E-state index >= 15 is 0 Å². The first-order valence-electron chi connectivity index (χ1n) is 18.0. The van der Waals surface area contributed by atoms with Crippen LogP contribution in [0.4, 0.5) is 0 Å². The highest BCUT2D eigenvalue weighted by atomic mass is 14.5. The molecule has 0 heterocycles. The van der Waals surface area contributed by atoms with E-state index in [1.807, 2.05) is 0 Å². The molecule has 0 aliphatic heterocycles. The van der Waals surface area contributed by atoms with E-state index in [1.54, 1.807) is 0 Å². The van der Waals surface area contributed by atoms with Crippen molar-refractivity contribution in [3.05, 3.63) is 224 Å². The Morgan fingerprint density at radius 2 is 0.320 bits per heavy atom. The number of rotatable bonds is 0. The lowest BCUT2D eigenvalue weighted by atomic mass is 9.56. The van der Waals surface area contributed by atoms with Crippen molar-refractivity contribution in [3.63, 3.8) is 0 Å². The first-order valence-corrected chi connectivity index (χ1v) is 18.0. The lowest BCUT2D eigenvalue weighted by Crippen LogP contribution is -2.32. The maximum atomic E-state index is 2.67. The molecule has 0 heteroatoms. The van der Waals surface area contributed by atoms with Crippen LogP contribution in [-0.4, -0.2) is 0 Å². The van der Waals surface area contributed by atoms with Gasteiger partial charge in [0.05, 0.1) is 0 Å². The third-order valence-electron chi connectivity index (χ3n) is 12.8. The summed E-state index contributed by atoms with van der Waals surface area (Å²) in [5.41, 5.74) is 18.0. The van der Waals surface area contributed by atoms with Crippen molar-refractivity contribution in [2.45, 2.75) is 23.7 Å². The second-order valence-corrected chi connectivity index (χ2v) is 15.2. The van der Waals surface area contributed by atoms with Crippen LogP contribution in [0.25, 0.3) is 43.1 Å². The van der Waals surface area contributed by atoms with Gasteiger partial charge in [-0.3, -0.25) is 0 Å². The molecule has 0 radical (unpaired) electrons. The van der Waals surface area contributed by atoms with Gasteiger partial charge in [0.15, 0.2) is 0 Å². The molecule has 0 unspecified atom stereocenters. The second kappa shape index (κ2) is 8.97. The normalized spacial score (nSPS) is 20.0. The molecule has 6 aliphatic rings. The molecule has 9 aromatic carbocycles. The Morgan fingerprint density at radius 1 is 0.180 bits per heavy atom.